The summed E-state index contributed by atoms with van der Waals surface area (Å²) < 4.78 is 0. The third kappa shape index (κ3) is 16.1. The first-order valence-electron chi connectivity index (χ1n) is 1.77. The molecule has 0 aromatic carbocycles. The summed E-state index contributed by atoms with van der Waals surface area (Å²) in [5.41, 5.74) is 0. The molecule has 0 saturated carbocycles. The van der Waals surface area contributed by atoms with E-state index in [0.717, 1.165) is 0 Å². The van der Waals surface area contributed by atoms with Gasteiger partial charge in [0.15, 0.2) is 0 Å². The molecule has 10 heavy (non-hydrogen) atoms. The molecule has 0 bridgehead atoms. The van der Waals surface area contributed by atoms with E-state index in [4.69, 9.17) is 10.2 Å². The molecular formula is C4H4Ca2O4. The van der Waals surface area contributed by atoms with E-state index in [9.17, 15) is 9.59 Å². The van der Waals surface area contributed by atoms with E-state index < -0.39 is 11.9 Å². The standard InChI is InChI=1S/C4H4O4.2Ca/c5-3(6)1-2-4(7)8;;/h1-2H,(H,5,6)(H,7,8);;/b2-1+;;. The maximum Gasteiger partial charge on any atom is 0.328 e. The van der Waals surface area contributed by atoms with Crippen LogP contribution in [-0.4, -0.2) is 97.6 Å². The second-order valence-electron chi connectivity index (χ2n) is 1.01. The number of rotatable bonds is 2. The monoisotopic (exact) mass is 196 g/mol. The van der Waals surface area contributed by atoms with Crippen LogP contribution < -0.4 is 0 Å². The molecular weight excluding hydrogens is 192 g/mol. The fourth-order valence-corrected chi connectivity index (χ4v) is 0.143. The number of carbonyl (C=O) groups is 2. The Morgan fingerprint density at radius 1 is 0.900 bits per heavy atom. The summed E-state index contributed by atoms with van der Waals surface area (Å²) in [5, 5.41) is 15.6. The van der Waals surface area contributed by atoms with Crippen molar-refractivity contribution in [1.29, 1.82) is 0 Å². The normalized spacial score (nSPS) is 7.60. The van der Waals surface area contributed by atoms with E-state index in [0.29, 0.717) is 12.2 Å². The Balaban J connectivity index is -0.000000245. The largest absolute Gasteiger partial charge is 0.478 e. The molecule has 0 unspecified atom stereocenters. The van der Waals surface area contributed by atoms with E-state index in [-0.39, 0.29) is 75.5 Å². The van der Waals surface area contributed by atoms with E-state index in [1.54, 1.807) is 0 Å². The summed E-state index contributed by atoms with van der Waals surface area (Å²) in [6.45, 7) is 0. The van der Waals surface area contributed by atoms with Crippen LogP contribution in [0.2, 0.25) is 0 Å². The molecule has 4 nitrogen and oxygen atoms in total. The zero-order valence-electron chi connectivity index (χ0n) is 5.28. The van der Waals surface area contributed by atoms with Gasteiger partial charge in [-0.25, -0.2) is 9.59 Å². The Bertz CT molecular complexity index is 126. The maximum absolute atomic E-state index is 9.55. The van der Waals surface area contributed by atoms with Crippen LogP contribution in [0, 0.1) is 0 Å². The Kier molecular flexibility index (Phi) is 17.7. The van der Waals surface area contributed by atoms with E-state index in [1.165, 1.54) is 0 Å². The second kappa shape index (κ2) is 10.2. The smallest absolute Gasteiger partial charge is 0.328 e. The third-order valence-electron chi connectivity index (χ3n) is 0.368. The number of aliphatic carboxylic acids is 2. The predicted molar refractivity (Wildman–Crippen MR) is 35.9 cm³/mol. The molecule has 0 aliphatic carbocycles. The molecule has 0 heterocycles. The van der Waals surface area contributed by atoms with Gasteiger partial charge in [-0.05, 0) is 0 Å². The summed E-state index contributed by atoms with van der Waals surface area (Å²) in [5.74, 6) is -2.51. The summed E-state index contributed by atoms with van der Waals surface area (Å²) in [4.78, 5) is 19.1. The van der Waals surface area contributed by atoms with E-state index >= 15 is 0 Å². The van der Waals surface area contributed by atoms with Crippen molar-refractivity contribution in [2.75, 3.05) is 0 Å². The predicted octanol–water partition coefficient (Wildman–Crippen LogP) is -1.05. The SMILES string of the molecule is O=C(O)/C=C/C(=O)O.[Ca].[Ca]. The first-order valence-corrected chi connectivity index (χ1v) is 1.77. The average molecular weight is 196 g/mol. The van der Waals surface area contributed by atoms with Gasteiger partial charge in [-0.3, -0.25) is 0 Å². The van der Waals surface area contributed by atoms with Gasteiger partial charge in [0, 0.05) is 87.6 Å². The molecule has 0 fully saturated rings. The van der Waals surface area contributed by atoms with Crippen LogP contribution in [0.1, 0.15) is 0 Å². The van der Waals surface area contributed by atoms with Gasteiger partial charge in [-0.15, -0.1) is 0 Å². The molecule has 0 aliphatic rings. The quantitative estimate of drug-likeness (QED) is 0.436. The number of hydrogen-bond donors (Lipinski definition) is 2. The van der Waals surface area contributed by atoms with Gasteiger partial charge in [0.25, 0.3) is 0 Å². The fraction of sp³-hybridized carbons (Fsp3) is 0. The summed E-state index contributed by atoms with van der Waals surface area (Å²) in [6, 6.07) is 0. The Labute approximate surface area is 117 Å². The first kappa shape index (κ1) is 17.3. The maximum atomic E-state index is 9.55. The zero-order valence-corrected chi connectivity index (χ0v) is 9.70. The van der Waals surface area contributed by atoms with Crippen LogP contribution in [0.4, 0.5) is 0 Å². The van der Waals surface area contributed by atoms with Crippen molar-refractivity contribution in [2.45, 2.75) is 0 Å². The van der Waals surface area contributed by atoms with Crippen LogP contribution in [0.15, 0.2) is 12.2 Å². The summed E-state index contributed by atoms with van der Waals surface area (Å²) >= 11 is 0. The van der Waals surface area contributed by atoms with Gasteiger partial charge < -0.3 is 10.2 Å². The Hall–Kier alpha value is 1.20. The molecule has 6 heteroatoms. The van der Waals surface area contributed by atoms with Gasteiger partial charge in [-0.2, -0.15) is 0 Å². The molecule has 0 spiro atoms. The molecule has 48 valence electrons. The van der Waals surface area contributed by atoms with Crippen LogP contribution in [0.5, 0.6) is 0 Å². The molecule has 0 aromatic heterocycles. The molecule has 0 aromatic rings. The van der Waals surface area contributed by atoms with Crippen LogP contribution in [0.3, 0.4) is 0 Å². The van der Waals surface area contributed by atoms with Gasteiger partial charge in [0.1, 0.15) is 0 Å². The molecule has 2 N–H and O–H groups in total. The van der Waals surface area contributed by atoms with Gasteiger partial charge in [0.2, 0.25) is 0 Å². The van der Waals surface area contributed by atoms with Gasteiger partial charge in [-0.1, -0.05) is 0 Å². The summed E-state index contributed by atoms with van der Waals surface area (Å²) in [7, 11) is 0. The molecule has 4 radical (unpaired) electrons. The average Bonchev–Trinajstić information content (AvgIpc) is 1.61. The van der Waals surface area contributed by atoms with Crippen LogP contribution >= 0.6 is 0 Å². The Morgan fingerprint density at radius 3 is 1.20 bits per heavy atom. The first-order chi connectivity index (χ1) is 3.63. The van der Waals surface area contributed by atoms with Crippen molar-refractivity contribution in [2.24, 2.45) is 0 Å². The molecule has 0 amide bonds. The fourth-order valence-electron chi connectivity index (χ4n) is 0.143. The third-order valence-corrected chi connectivity index (χ3v) is 0.368. The minimum atomic E-state index is -1.26. The number of hydrogen-bond acceptors (Lipinski definition) is 2. The number of carboxylic acids is 2. The second-order valence-corrected chi connectivity index (χ2v) is 1.01. The van der Waals surface area contributed by atoms with Gasteiger partial charge >= 0.3 is 11.9 Å². The van der Waals surface area contributed by atoms with Crippen LogP contribution in [0.25, 0.3) is 0 Å². The van der Waals surface area contributed by atoms with E-state index in [1.807, 2.05) is 0 Å². The van der Waals surface area contributed by atoms with Gasteiger partial charge in [0.05, 0.1) is 0 Å². The van der Waals surface area contributed by atoms with Crippen LogP contribution in [-0.2, 0) is 9.59 Å². The minimum Gasteiger partial charge on any atom is -0.478 e. The summed E-state index contributed by atoms with van der Waals surface area (Å²) in [6.07, 6.45) is 1.12. The van der Waals surface area contributed by atoms with E-state index in [2.05, 4.69) is 0 Å². The van der Waals surface area contributed by atoms with Crippen molar-refractivity contribution in [3.63, 3.8) is 0 Å². The molecule has 0 atom stereocenters. The zero-order chi connectivity index (χ0) is 6.57. The molecule has 0 rings (SSSR count). The van der Waals surface area contributed by atoms with Crippen molar-refractivity contribution in [3.8, 4) is 0 Å². The van der Waals surface area contributed by atoms with Crippen molar-refractivity contribution < 1.29 is 19.8 Å². The molecule has 0 saturated heterocycles. The number of carboxylic acid groups (broad SMARTS) is 2. The van der Waals surface area contributed by atoms with Crippen molar-refractivity contribution in [1.82, 2.24) is 0 Å². The topological polar surface area (TPSA) is 74.6 Å². The van der Waals surface area contributed by atoms with Crippen molar-refractivity contribution >= 4 is 87.4 Å². The molecule has 0 aliphatic heterocycles. The Morgan fingerprint density at radius 2 is 1.10 bits per heavy atom. The van der Waals surface area contributed by atoms with Crippen molar-refractivity contribution in [3.05, 3.63) is 12.2 Å². The minimum absolute atomic E-state index is 0.